The number of carbonyl (C=O) groups excluding carboxylic acids is 2. The summed E-state index contributed by atoms with van der Waals surface area (Å²) < 4.78 is 0. The van der Waals surface area contributed by atoms with Crippen LogP contribution in [0.1, 0.15) is 12.5 Å². The smallest absolute Gasteiger partial charge is 0.245 e. The maximum Gasteiger partial charge on any atom is 0.245 e. The molecule has 21 heavy (non-hydrogen) atoms. The number of carbonyl (C=O) groups is 2. The lowest BCUT2D eigenvalue weighted by atomic mass is 9.82. The van der Waals surface area contributed by atoms with E-state index in [9.17, 15) is 20.1 Å². The molecule has 6 nitrogen and oxygen atoms in total. The average molecular weight is 278 g/mol. The summed E-state index contributed by atoms with van der Waals surface area (Å²) in [6, 6.07) is 12.8. The Hall–Kier alpha value is -2.86. The van der Waals surface area contributed by atoms with E-state index >= 15 is 0 Å². The van der Waals surface area contributed by atoms with Gasteiger partial charge in [-0.15, -0.1) is 0 Å². The molecule has 6 heteroatoms. The Labute approximate surface area is 120 Å². The molecule has 0 spiro atoms. The van der Waals surface area contributed by atoms with Crippen molar-refractivity contribution in [3.8, 4) is 12.1 Å². The second-order valence-electron chi connectivity index (χ2n) is 5.87. The number of nitrogens with zero attached hydrogens (tertiary/aromatic N) is 2. The Morgan fingerprint density at radius 1 is 0.952 bits per heavy atom. The van der Waals surface area contributed by atoms with Gasteiger partial charge in [-0.2, -0.15) is 10.5 Å². The Kier molecular flexibility index (Phi) is 1.66. The van der Waals surface area contributed by atoms with Crippen molar-refractivity contribution in [2.24, 2.45) is 16.2 Å². The van der Waals surface area contributed by atoms with Crippen LogP contribution in [0, 0.1) is 38.9 Å². The zero-order valence-electron chi connectivity index (χ0n) is 11.1. The number of rotatable bonds is 1. The molecular formula is C15H10N4O2. The van der Waals surface area contributed by atoms with E-state index in [1.807, 2.05) is 18.2 Å². The van der Waals surface area contributed by atoms with Crippen molar-refractivity contribution in [1.29, 1.82) is 10.5 Å². The van der Waals surface area contributed by atoms with Gasteiger partial charge in [-0.25, -0.2) is 0 Å². The molecule has 0 unspecified atom stereocenters. The third kappa shape index (κ3) is 0.734. The molecule has 3 aliphatic rings. The summed E-state index contributed by atoms with van der Waals surface area (Å²) in [5, 5.41) is 24.6. The lowest BCUT2D eigenvalue weighted by molar-refractivity contribution is -0.128. The zero-order chi connectivity index (χ0) is 15.1. The summed E-state index contributed by atoms with van der Waals surface area (Å²) in [6.45, 7) is 1.65. The molecule has 2 saturated heterocycles. The largest absolute Gasteiger partial charge is 0.327 e. The molecular weight excluding hydrogens is 268 g/mol. The van der Waals surface area contributed by atoms with Crippen molar-refractivity contribution in [1.82, 2.24) is 10.6 Å². The van der Waals surface area contributed by atoms with Crippen LogP contribution in [0.15, 0.2) is 30.3 Å². The van der Waals surface area contributed by atoms with Crippen LogP contribution < -0.4 is 10.6 Å². The minimum absolute atomic E-state index is 0.559. The molecule has 1 aromatic carbocycles. The predicted molar refractivity (Wildman–Crippen MR) is 68.6 cm³/mol. The summed E-state index contributed by atoms with van der Waals surface area (Å²) in [5.41, 5.74) is -4.89. The third-order valence-corrected chi connectivity index (χ3v) is 5.58. The predicted octanol–water partition coefficient (Wildman–Crippen LogP) is 0.139. The van der Waals surface area contributed by atoms with Gasteiger partial charge in [0.25, 0.3) is 0 Å². The van der Waals surface area contributed by atoms with E-state index in [4.69, 9.17) is 0 Å². The molecule has 0 radical (unpaired) electrons. The second-order valence-corrected chi connectivity index (χ2v) is 5.87. The summed E-state index contributed by atoms with van der Waals surface area (Å²) in [4.78, 5) is 24.9. The third-order valence-electron chi connectivity index (χ3n) is 5.58. The Morgan fingerprint density at radius 2 is 1.43 bits per heavy atom. The molecule has 2 atom stereocenters. The SMILES string of the molecule is CC12C3(c4ccccc4)NC(=O)[C@@]1(C#N)[C@]2(C#N)C(=O)N3. The summed E-state index contributed by atoms with van der Waals surface area (Å²) in [6.07, 6.45) is 0. The van der Waals surface area contributed by atoms with Gasteiger partial charge in [-0.1, -0.05) is 37.3 Å². The lowest BCUT2D eigenvalue weighted by Gasteiger charge is -2.33. The van der Waals surface area contributed by atoms with Gasteiger partial charge in [0.1, 0.15) is 5.66 Å². The zero-order valence-corrected chi connectivity index (χ0v) is 11.1. The maximum absolute atomic E-state index is 12.4. The van der Waals surface area contributed by atoms with Crippen LogP contribution in [-0.2, 0) is 15.3 Å². The van der Waals surface area contributed by atoms with Gasteiger partial charge >= 0.3 is 0 Å². The molecule has 2 amide bonds. The van der Waals surface area contributed by atoms with Crippen molar-refractivity contribution in [3.05, 3.63) is 35.9 Å². The molecule has 2 N–H and O–H groups in total. The fourth-order valence-electron chi connectivity index (χ4n) is 4.50. The van der Waals surface area contributed by atoms with Crippen molar-refractivity contribution in [2.75, 3.05) is 0 Å². The highest BCUT2D eigenvalue weighted by atomic mass is 16.2. The van der Waals surface area contributed by atoms with Gasteiger partial charge in [-0.3, -0.25) is 9.59 Å². The molecule has 3 fully saturated rings. The van der Waals surface area contributed by atoms with E-state index in [0.29, 0.717) is 5.56 Å². The van der Waals surface area contributed by atoms with Gasteiger partial charge in [-0.05, 0) is 5.56 Å². The van der Waals surface area contributed by atoms with E-state index in [1.165, 1.54) is 0 Å². The molecule has 102 valence electrons. The number of hydrogen-bond donors (Lipinski definition) is 2. The van der Waals surface area contributed by atoms with Gasteiger partial charge in [0, 0.05) is 0 Å². The molecule has 0 bridgehead atoms. The molecule has 0 aromatic heterocycles. The van der Waals surface area contributed by atoms with Crippen LogP contribution in [0.5, 0.6) is 0 Å². The summed E-state index contributed by atoms with van der Waals surface area (Å²) >= 11 is 0. The number of fused-ring (bicyclic) bond motifs is 1. The summed E-state index contributed by atoms with van der Waals surface area (Å²) in [5.74, 6) is -1.12. The Balaban J connectivity index is 2.08. The highest BCUT2D eigenvalue weighted by Gasteiger charge is 3.06. The van der Waals surface area contributed by atoms with Crippen LogP contribution in [-0.4, -0.2) is 11.8 Å². The maximum atomic E-state index is 12.4. The van der Waals surface area contributed by atoms with E-state index in [1.54, 1.807) is 31.2 Å². The summed E-state index contributed by atoms with van der Waals surface area (Å²) in [7, 11) is 0. The van der Waals surface area contributed by atoms with Gasteiger partial charge in [0.2, 0.25) is 11.8 Å². The standard InChI is InChI=1S/C15H10N4O2/c1-12-13(7-16)10(20)18-15(12,9-5-3-2-4-6-9)19-11(21)14(12,13)8-17/h2-6H,1H3,(H,18,20)(H,19,21)/t12?,13-,14-,15?/m1/s1. The molecule has 2 heterocycles. The lowest BCUT2D eigenvalue weighted by Crippen LogP contribution is -2.54. The number of nitriles is 2. The molecule has 1 aromatic rings. The second kappa shape index (κ2) is 2.91. The first-order valence-corrected chi connectivity index (χ1v) is 6.52. The Bertz CT molecular complexity index is 761. The van der Waals surface area contributed by atoms with Crippen molar-refractivity contribution in [3.63, 3.8) is 0 Å². The monoisotopic (exact) mass is 278 g/mol. The first-order chi connectivity index (χ1) is 9.98. The van der Waals surface area contributed by atoms with E-state index in [0.717, 1.165) is 0 Å². The quantitative estimate of drug-likeness (QED) is 0.762. The Morgan fingerprint density at radius 3 is 1.86 bits per heavy atom. The van der Waals surface area contributed by atoms with Crippen molar-refractivity contribution in [2.45, 2.75) is 12.6 Å². The minimum atomic E-state index is -1.62. The van der Waals surface area contributed by atoms with Crippen LogP contribution in [0.3, 0.4) is 0 Å². The highest BCUT2D eigenvalue weighted by Crippen LogP contribution is 2.88. The molecule has 2 aliphatic heterocycles. The topological polar surface area (TPSA) is 106 Å². The van der Waals surface area contributed by atoms with Crippen molar-refractivity contribution >= 4 is 11.8 Å². The molecule has 1 aliphatic carbocycles. The van der Waals surface area contributed by atoms with Crippen molar-refractivity contribution < 1.29 is 9.59 Å². The van der Waals surface area contributed by atoms with E-state index < -0.39 is 33.7 Å². The number of nitrogens with one attached hydrogen (secondary N) is 2. The first-order valence-electron chi connectivity index (χ1n) is 6.52. The molecule has 4 rings (SSSR count). The number of piperidine rings is 2. The highest BCUT2D eigenvalue weighted by molar-refractivity contribution is 6.13. The number of benzene rings is 1. The van der Waals surface area contributed by atoms with E-state index in [-0.39, 0.29) is 0 Å². The van der Waals surface area contributed by atoms with Gasteiger partial charge in [0.05, 0.1) is 17.6 Å². The first kappa shape index (κ1) is 11.9. The molecule has 1 saturated carbocycles. The van der Waals surface area contributed by atoms with Gasteiger partial charge < -0.3 is 10.6 Å². The van der Waals surface area contributed by atoms with Crippen LogP contribution >= 0.6 is 0 Å². The van der Waals surface area contributed by atoms with Crippen LogP contribution in [0.25, 0.3) is 0 Å². The minimum Gasteiger partial charge on any atom is -0.327 e. The van der Waals surface area contributed by atoms with Gasteiger partial charge in [0.15, 0.2) is 10.8 Å². The van der Waals surface area contributed by atoms with Crippen LogP contribution in [0.4, 0.5) is 0 Å². The fraction of sp³-hybridized carbons (Fsp3) is 0.333. The number of amides is 2. The van der Waals surface area contributed by atoms with E-state index in [2.05, 4.69) is 10.6 Å². The van der Waals surface area contributed by atoms with Crippen LogP contribution in [0.2, 0.25) is 0 Å². The average Bonchev–Trinajstić information content (AvgIpc) is 2.89. The fourth-order valence-corrected chi connectivity index (χ4v) is 4.50. The normalized spacial score (nSPS) is 45.1. The number of hydrogen-bond acceptors (Lipinski definition) is 4.